The minimum Gasteiger partial charge on any atom is -0.270 e. The molecule has 0 aliphatic heterocycles. The van der Waals surface area contributed by atoms with Gasteiger partial charge in [-0.15, -0.1) is 0 Å². The first-order valence-electron chi connectivity index (χ1n) is 9.73. The summed E-state index contributed by atoms with van der Waals surface area (Å²) in [6, 6.07) is 16.4. The van der Waals surface area contributed by atoms with Crippen molar-refractivity contribution in [1.82, 2.24) is 9.13 Å². The van der Waals surface area contributed by atoms with E-state index in [1.807, 2.05) is 0 Å². The van der Waals surface area contributed by atoms with Crippen molar-refractivity contribution in [3.63, 3.8) is 0 Å². The van der Waals surface area contributed by atoms with Gasteiger partial charge in [-0.05, 0) is 47.5 Å². The summed E-state index contributed by atoms with van der Waals surface area (Å²) in [4.78, 5) is 51.8. The van der Waals surface area contributed by atoms with Crippen molar-refractivity contribution in [2.75, 3.05) is 0 Å². The smallest absolute Gasteiger partial charge is 0.261 e. The van der Waals surface area contributed by atoms with Gasteiger partial charge in [-0.1, -0.05) is 47.5 Å². The molecule has 5 aromatic rings. The fraction of sp³-hybridized carbons (Fsp3) is 0.0833. The van der Waals surface area contributed by atoms with Crippen LogP contribution in [0.5, 0.6) is 0 Å². The van der Waals surface area contributed by atoms with Gasteiger partial charge in [0.2, 0.25) is 0 Å². The van der Waals surface area contributed by atoms with Crippen LogP contribution in [-0.4, -0.2) is 9.13 Å². The fourth-order valence-electron chi connectivity index (χ4n) is 4.00. The summed E-state index contributed by atoms with van der Waals surface area (Å²) in [6.45, 7) is 0.0840. The van der Waals surface area contributed by atoms with Crippen LogP contribution in [0, 0.1) is 0 Å². The van der Waals surface area contributed by atoms with E-state index >= 15 is 0 Å². The first kappa shape index (κ1) is 20.4. The van der Waals surface area contributed by atoms with Crippen LogP contribution >= 0.6 is 23.2 Å². The molecule has 2 heterocycles. The van der Waals surface area contributed by atoms with Crippen LogP contribution in [0.2, 0.25) is 10.0 Å². The quantitative estimate of drug-likeness (QED) is 0.408. The summed E-state index contributed by atoms with van der Waals surface area (Å²) in [5.41, 5.74) is -0.663. The van der Waals surface area contributed by atoms with Gasteiger partial charge in [0.05, 0.1) is 34.6 Å². The van der Waals surface area contributed by atoms with E-state index in [9.17, 15) is 19.2 Å². The lowest BCUT2D eigenvalue weighted by molar-refractivity contribution is 0.753. The number of hydrogen-bond donors (Lipinski definition) is 0. The van der Waals surface area contributed by atoms with Crippen molar-refractivity contribution < 1.29 is 0 Å². The highest BCUT2D eigenvalue weighted by molar-refractivity contribution is 6.30. The summed E-state index contributed by atoms with van der Waals surface area (Å²) in [6.07, 6.45) is 0. The number of benzene rings is 3. The molecule has 3 aromatic carbocycles. The molecule has 0 amide bonds. The van der Waals surface area contributed by atoms with E-state index in [0.29, 0.717) is 21.2 Å². The normalized spacial score (nSPS) is 11.6. The Bertz CT molecular complexity index is 1540. The van der Waals surface area contributed by atoms with Crippen molar-refractivity contribution in [1.29, 1.82) is 0 Å². The molecule has 0 saturated carbocycles. The Kier molecular flexibility index (Phi) is 4.84. The number of fused-ring (bicyclic) bond motifs is 2. The Balaban J connectivity index is 1.67. The standard InChI is InChI=1S/C24H14Cl2N2O4/c25-15-5-1-3-13(7-15)11-27-21(29)17-9-19-20(10-18(17)22(27)30)24(32)28(23(19)31)12-14-4-2-6-16(26)8-14/h1-10H,11-12H2. The molecular weight excluding hydrogens is 451 g/mol. The molecule has 5 rings (SSSR count). The maximum atomic E-state index is 12.9. The Morgan fingerprint density at radius 1 is 0.531 bits per heavy atom. The van der Waals surface area contributed by atoms with Crippen molar-refractivity contribution in [2.24, 2.45) is 0 Å². The van der Waals surface area contributed by atoms with E-state index in [4.69, 9.17) is 23.2 Å². The van der Waals surface area contributed by atoms with E-state index in [-0.39, 0.29) is 34.6 Å². The number of aromatic nitrogens is 2. The number of rotatable bonds is 4. The molecule has 0 fully saturated rings. The average Bonchev–Trinajstić information content (AvgIpc) is 3.13. The van der Waals surface area contributed by atoms with E-state index in [2.05, 4.69) is 0 Å². The van der Waals surface area contributed by atoms with Crippen LogP contribution in [0.1, 0.15) is 11.1 Å². The monoisotopic (exact) mass is 464 g/mol. The number of nitrogens with zero attached hydrogens (tertiary/aromatic N) is 2. The number of halogens is 2. The molecule has 6 nitrogen and oxygen atoms in total. The zero-order valence-corrected chi connectivity index (χ0v) is 18.0. The van der Waals surface area contributed by atoms with Gasteiger partial charge in [0.15, 0.2) is 0 Å². The lowest BCUT2D eigenvalue weighted by atomic mass is 10.1. The lowest BCUT2D eigenvalue weighted by Gasteiger charge is -2.01. The van der Waals surface area contributed by atoms with Crippen LogP contribution in [0.25, 0.3) is 21.5 Å². The molecule has 0 N–H and O–H groups in total. The second kappa shape index (κ2) is 7.58. The largest absolute Gasteiger partial charge is 0.270 e. The minimum absolute atomic E-state index is 0.0420. The molecular formula is C24H14Cl2N2O4. The lowest BCUT2D eigenvalue weighted by Crippen LogP contribution is -2.26. The first-order valence-corrected chi connectivity index (χ1v) is 10.5. The van der Waals surface area contributed by atoms with Crippen molar-refractivity contribution in [2.45, 2.75) is 13.1 Å². The van der Waals surface area contributed by atoms with E-state index in [0.717, 1.165) is 9.13 Å². The van der Waals surface area contributed by atoms with Crippen LogP contribution < -0.4 is 22.2 Å². The maximum absolute atomic E-state index is 12.9. The van der Waals surface area contributed by atoms with Crippen LogP contribution in [0.3, 0.4) is 0 Å². The van der Waals surface area contributed by atoms with Crippen LogP contribution in [-0.2, 0) is 13.1 Å². The van der Waals surface area contributed by atoms with Gasteiger partial charge in [0.25, 0.3) is 22.2 Å². The minimum atomic E-state index is -0.513. The second-order valence-electron chi connectivity index (χ2n) is 7.60. The van der Waals surface area contributed by atoms with Gasteiger partial charge < -0.3 is 0 Å². The Hall–Kier alpha value is -3.48. The van der Waals surface area contributed by atoms with E-state index in [1.54, 1.807) is 48.5 Å². The van der Waals surface area contributed by atoms with E-state index < -0.39 is 22.2 Å². The predicted octanol–water partition coefficient (Wildman–Crippen LogP) is 3.32. The third kappa shape index (κ3) is 3.28. The zero-order chi connectivity index (χ0) is 22.6. The van der Waals surface area contributed by atoms with Crippen molar-refractivity contribution in [3.05, 3.63) is 123 Å². The summed E-state index contributed by atoms with van der Waals surface area (Å²) in [5.74, 6) is 0. The molecule has 0 atom stereocenters. The average molecular weight is 465 g/mol. The molecule has 0 saturated heterocycles. The molecule has 0 spiro atoms. The van der Waals surface area contributed by atoms with Gasteiger partial charge in [0, 0.05) is 10.0 Å². The molecule has 0 bridgehead atoms. The van der Waals surface area contributed by atoms with Gasteiger partial charge in [-0.2, -0.15) is 0 Å². The van der Waals surface area contributed by atoms with Crippen LogP contribution in [0.4, 0.5) is 0 Å². The van der Waals surface area contributed by atoms with Gasteiger partial charge in [-0.3, -0.25) is 28.3 Å². The van der Waals surface area contributed by atoms with Crippen LogP contribution in [0.15, 0.2) is 79.8 Å². The third-order valence-electron chi connectivity index (χ3n) is 5.52. The first-order chi connectivity index (χ1) is 15.3. The molecule has 158 valence electrons. The van der Waals surface area contributed by atoms with E-state index in [1.165, 1.54) is 12.1 Å². The predicted molar refractivity (Wildman–Crippen MR) is 126 cm³/mol. The van der Waals surface area contributed by atoms with Crippen molar-refractivity contribution >= 4 is 44.7 Å². The highest BCUT2D eigenvalue weighted by Crippen LogP contribution is 2.17. The molecule has 0 radical (unpaired) electrons. The molecule has 0 unspecified atom stereocenters. The molecule has 0 aliphatic carbocycles. The van der Waals surface area contributed by atoms with Gasteiger partial charge in [0.1, 0.15) is 0 Å². The molecule has 8 heteroatoms. The second-order valence-corrected chi connectivity index (χ2v) is 8.47. The summed E-state index contributed by atoms with van der Waals surface area (Å²) >= 11 is 12.0. The molecule has 2 aromatic heterocycles. The molecule has 0 aliphatic rings. The Morgan fingerprint density at radius 3 is 1.19 bits per heavy atom. The third-order valence-corrected chi connectivity index (χ3v) is 5.99. The summed E-state index contributed by atoms with van der Waals surface area (Å²) < 4.78 is 2.17. The number of hydrogen-bond acceptors (Lipinski definition) is 4. The Morgan fingerprint density at radius 2 is 0.875 bits per heavy atom. The fourth-order valence-corrected chi connectivity index (χ4v) is 4.42. The zero-order valence-electron chi connectivity index (χ0n) is 16.5. The van der Waals surface area contributed by atoms with Crippen molar-refractivity contribution in [3.8, 4) is 0 Å². The topological polar surface area (TPSA) is 78.1 Å². The Labute approximate surface area is 190 Å². The summed E-state index contributed by atoms with van der Waals surface area (Å²) in [7, 11) is 0. The van der Waals surface area contributed by atoms with Gasteiger partial charge >= 0.3 is 0 Å². The highest BCUT2D eigenvalue weighted by atomic mass is 35.5. The summed E-state index contributed by atoms with van der Waals surface area (Å²) in [5, 5.41) is 1.44. The molecule has 32 heavy (non-hydrogen) atoms. The maximum Gasteiger partial charge on any atom is 0.261 e. The SMILES string of the molecule is O=c1c2cc3c(=O)n(Cc4cccc(Cl)c4)c(=O)c3cc2c(=O)n1Cc1cccc(Cl)c1. The van der Waals surface area contributed by atoms with Gasteiger partial charge in [-0.25, -0.2) is 0 Å². The highest BCUT2D eigenvalue weighted by Gasteiger charge is 2.19.